The van der Waals surface area contributed by atoms with Crippen molar-refractivity contribution < 1.29 is 0 Å². The predicted octanol–water partition coefficient (Wildman–Crippen LogP) is 17.6. The van der Waals surface area contributed by atoms with Crippen LogP contribution in [0.4, 0.5) is 34.1 Å². The topological polar surface area (TPSA) is 6.48 Å². The summed E-state index contributed by atoms with van der Waals surface area (Å²) in [7, 11) is 0. The number of hydrogen-bond acceptors (Lipinski definition) is 2. The third-order valence-electron chi connectivity index (χ3n) is 12.8. The van der Waals surface area contributed by atoms with Crippen LogP contribution in [-0.2, 0) is 0 Å². The SMILES string of the molecule is C1=CCCC(C2=CC=C(c3c4cc(N(c5ccccc5)c5ccccc5)ccc4c(-c4ccc(-c5ccccc5)cc4)c4cc(N(c5ccccc5)c5ccccc5)ccc34)CC2)=C1. The highest BCUT2D eigenvalue weighted by molar-refractivity contribution is 6.20. The number of hydrogen-bond donors (Lipinski definition) is 0. The fraction of sp³-hybridized carbons (Fsp3) is 0.0645. The van der Waals surface area contributed by atoms with E-state index in [2.05, 4.69) is 253 Å². The summed E-state index contributed by atoms with van der Waals surface area (Å²) in [5.74, 6) is 0. The standard InChI is InChI=1S/C62H48N2/c1-7-19-45(20-8-1)47-31-35-49(36-32-47)61-57-41-39-56(64(53-27-15-5-16-28-53)54-29-17-6-18-30-54)44-60(57)62(50-37-33-48(34-38-50)46-21-9-2-10-22-46)58-42-40-55(43-59(58)61)63(51-23-11-3-12-24-51)52-25-13-4-14-26-52/h1-9,11-21,23-33,35-37,39-44H,10,22,34,38H2. The molecule has 9 aromatic rings. The van der Waals surface area contributed by atoms with Crippen molar-refractivity contribution in [1.82, 2.24) is 0 Å². The Hall–Kier alpha value is -7.94. The summed E-state index contributed by atoms with van der Waals surface area (Å²) in [6.07, 6.45) is 15.9. The van der Waals surface area contributed by atoms with Gasteiger partial charge in [-0.15, -0.1) is 0 Å². The van der Waals surface area contributed by atoms with Gasteiger partial charge in [0.2, 0.25) is 0 Å². The summed E-state index contributed by atoms with van der Waals surface area (Å²) in [4.78, 5) is 4.77. The van der Waals surface area contributed by atoms with Gasteiger partial charge in [-0.25, -0.2) is 0 Å². The summed E-state index contributed by atoms with van der Waals surface area (Å²) in [5, 5.41) is 4.97. The van der Waals surface area contributed by atoms with E-state index in [1.165, 1.54) is 66.1 Å². The predicted molar refractivity (Wildman–Crippen MR) is 273 cm³/mol. The smallest absolute Gasteiger partial charge is 0.0468 e. The van der Waals surface area contributed by atoms with E-state index in [1.54, 1.807) is 0 Å². The molecule has 306 valence electrons. The van der Waals surface area contributed by atoms with E-state index in [4.69, 9.17) is 0 Å². The first-order valence-corrected chi connectivity index (χ1v) is 22.5. The van der Waals surface area contributed by atoms with Crippen LogP contribution in [0.25, 0.3) is 49.4 Å². The minimum Gasteiger partial charge on any atom is -0.310 e. The molecular weight excluding hydrogens is 773 g/mol. The molecule has 0 saturated carbocycles. The van der Waals surface area contributed by atoms with Gasteiger partial charge in [0, 0.05) is 34.1 Å². The Morgan fingerprint density at radius 2 is 0.688 bits per heavy atom. The van der Waals surface area contributed by atoms with E-state index < -0.39 is 0 Å². The van der Waals surface area contributed by atoms with Crippen LogP contribution >= 0.6 is 0 Å². The molecule has 0 aromatic heterocycles. The molecule has 0 radical (unpaired) electrons. The number of anilines is 6. The summed E-state index contributed by atoms with van der Waals surface area (Å²) in [6.45, 7) is 0. The minimum absolute atomic E-state index is 0.968. The van der Waals surface area contributed by atoms with E-state index in [0.717, 1.165) is 59.8 Å². The second kappa shape index (κ2) is 17.4. The fourth-order valence-electron chi connectivity index (χ4n) is 9.79. The first-order chi connectivity index (χ1) is 31.8. The number of benzene rings is 9. The van der Waals surface area contributed by atoms with Gasteiger partial charge in [0.25, 0.3) is 0 Å². The molecule has 0 aliphatic heterocycles. The zero-order valence-electron chi connectivity index (χ0n) is 35.8. The maximum atomic E-state index is 2.45. The Morgan fingerprint density at radius 1 is 0.281 bits per heavy atom. The van der Waals surface area contributed by atoms with Crippen molar-refractivity contribution >= 4 is 61.2 Å². The number of para-hydroxylation sites is 4. The molecule has 2 heteroatoms. The van der Waals surface area contributed by atoms with Crippen molar-refractivity contribution in [2.24, 2.45) is 0 Å². The van der Waals surface area contributed by atoms with Crippen molar-refractivity contribution in [3.05, 3.63) is 259 Å². The van der Waals surface area contributed by atoms with Crippen molar-refractivity contribution in [1.29, 1.82) is 0 Å². The maximum absolute atomic E-state index is 2.45. The van der Waals surface area contributed by atoms with Gasteiger partial charge in [0.05, 0.1) is 0 Å². The highest BCUT2D eigenvalue weighted by Gasteiger charge is 2.24. The lowest BCUT2D eigenvalue weighted by atomic mass is 9.81. The number of fused-ring (bicyclic) bond motifs is 2. The third-order valence-corrected chi connectivity index (χ3v) is 12.8. The lowest BCUT2D eigenvalue weighted by molar-refractivity contribution is 0.906. The van der Waals surface area contributed by atoms with Crippen LogP contribution in [0.15, 0.2) is 254 Å². The monoisotopic (exact) mass is 820 g/mol. The fourth-order valence-corrected chi connectivity index (χ4v) is 9.79. The van der Waals surface area contributed by atoms with Crippen LogP contribution in [0.3, 0.4) is 0 Å². The zero-order chi connectivity index (χ0) is 42.7. The normalized spacial score (nSPS) is 13.6. The summed E-state index contributed by atoms with van der Waals surface area (Å²) in [6, 6.07) is 77.2. The molecule has 0 atom stereocenters. The van der Waals surface area contributed by atoms with Gasteiger partial charge >= 0.3 is 0 Å². The lowest BCUT2D eigenvalue weighted by Gasteiger charge is -2.28. The quantitative estimate of drug-likeness (QED) is 0.127. The highest BCUT2D eigenvalue weighted by Crippen LogP contribution is 2.49. The van der Waals surface area contributed by atoms with Gasteiger partial charge < -0.3 is 9.80 Å². The van der Waals surface area contributed by atoms with Crippen LogP contribution in [-0.4, -0.2) is 0 Å². The highest BCUT2D eigenvalue weighted by atomic mass is 15.1. The molecule has 0 spiro atoms. The molecular formula is C62H48N2. The Balaban J connectivity index is 1.21. The number of rotatable bonds is 10. The molecule has 2 aliphatic rings. The summed E-state index contributed by atoms with van der Waals surface area (Å²) < 4.78 is 0. The largest absolute Gasteiger partial charge is 0.310 e. The average Bonchev–Trinajstić information content (AvgIpc) is 3.38. The zero-order valence-corrected chi connectivity index (χ0v) is 35.8. The van der Waals surface area contributed by atoms with Crippen LogP contribution in [0.1, 0.15) is 31.2 Å². The molecule has 0 bridgehead atoms. The van der Waals surface area contributed by atoms with Crippen molar-refractivity contribution in [3.8, 4) is 22.3 Å². The molecule has 0 amide bonds. The molecule has 64 heavy (non-hydrogen) atoms. The van der Waals surface area contributed by atoms with Crippen LogP contribution < -0.4 is 9.80 Å². The van der Waals surface area contributed by atoms with Crippen LogP contribution in [0, 0.1) is 0 Å². The number of allylic oxidation sites excluding steroid dienone is 8. The Bertz CT molecular complexity index is 3140. The summed E-state index contributed by atoms with van der Waals surface area (Å²) in [5.41, 5.74) is 17.2. The molecule has 0 saturated heterocycles. The molecule has 2 aliphatic carbocycles. The first kappa shape index (κ1) is 38.9. The molecule has 2 nitrogen and oxygen atoms in total. The lowest BCUT2D eigenvalue weighted by Crippen LogP contribution is -2.10. The van der Waals surface area contributed by atoms with Crippen LogP contribution in [0.5, 0.6) is 0 Å². The molecule has 11 rings (SSSR count). The van der Waals surface area contributed by atoms with E-state index >= 15 is 0 Å². The Labute approximate surface area is 376 Å². The van der Waals surface area contributed by atoms with Gasteiger partial charge in [0.1, 0.15) is 0 Å². The molecule has 9 aromatic carbocycles. The van der Waals surface area contributed by atoms with Crippen molar-refractivity contribution in [2.75, 3.05) is 9.80 Å². The van der Waals surface area contributed by atoms with Crippen molar-refractivity contribution in [2.45, 2.75) is 25.7 Å². The van der Waals surface area contributed by atoms with Crippen LogP contribution in [0.2, 0.25) is 0 Å². The third kappa shape index (κ3) is 7.54. The van der Waals surface area contributed by atoms with Gasteiger partial charge in [-0.3, -0.25) is 0 Å². The van der Waals surface area contributed by atoms with E-state index in [1.807, 2.05) is 0 Å². The molecule has 0 fully saturated rings. The van der Waals surface area contributed by atoms with E-state index in [-0.39, 0.29) is 0 Å². The van der Waals surface area contributed by atoms with Gasteiger partial charge in [-0.05, 0) is 165 Å². The average molecular weight is 821 g/mol. The van der Waals surface area contributed by atoms with Crippen molar-refractivity contribution in [3.63, 3.8) is 0 Å². The van der Waals surface area contributed by atoms with Gasteiger partial charge in [0.15, 0.2) is 0 Å². The van der Waals surface area contributed by atoms with Gasteiger partial charge in [-0.1, -0.05) is 170 Å². The van der Waals surface area contributed by atoms with E-state index in [9.17, 15) is 0 Å². The van der Waals surface area contributed by atoms with E-state index in [0.29, 0.717) is 0 Å². The second-order valence-corrected chi connectivity index (χ2v) is 16.7. The maximum Gasteiger partial charge on any atom is 0.0468 e. The molecule has 0 unspecified atom stereocenters. The summed E-state index contributed by atoms with van der Waals surface area (Å²) >= 11 is 0. The minimum atomic E-state index is 0.968. The van der Waals surface area contributed by atoms with Gasteiger partial charge in [-0.2, -0.15) is 0 Å². The Morgan fingerprint density at radius 3 is 1.16 bits per heavy atom. The first-order valence-electron chi connectivity index (χ1n) is 22.5. The second-order valence-electron chi connectivity index (χ2n) is 16.7. The molecule has 0 heterocycles. The Kier molecular flexibility index (Phi) is 10.6. The molecule has 0 N–H and O–H groups in total. The number of nitrogens with zero attached hydrogens (tertiary/aromatic N) is 2.